The Bertz CT molecular complexity index is 548. The molecule has 0 spiro atoms. The molecule has 1 aliphatic rings. The largest absolute Gasteiger partial charge is 0.416 e. The van der Waals surface area contributed by atoms with Crippen LogP contribution in [-0.4, -0.2) is 30.4 Å². The Hall–Kier alpha value is -1.27. The van der Waals surface area contributed by atoms with Gasteiger partial charge >= 0.3 is 6.18 Å². The van der Waals surface area contributed by atoms with E-state index in [0.717, 1.165) is 37.9 Å². The first kappa shape index (κ1) is 17.1. The lowest BCUT2D eigenvalue weighted by molar-refractivity contribution is -0.137. The third-order valence-corrected chi connectivity index (χ3v) is 4.27. The number of benzene rings is 1. The van der Waals surface area contributed by atoms with E-state index in [2.05, 4.69) is 5.32 Å². The average Bonchev–Trinajstić information content (AvgIpc) is 2.45. The average molecular weight is 335 g/mol. The number of halogens is 4. The van der Waals surface area contributed by atoms with Crippen molar-refractivity contribution in [2.45, 2.75) is 38.0 Å². The molecule has 22 heavy (non-hydrogen) atoms. The zero-order valence-electron chi connectivity index (χ0n) is 12.2. The molecule has 0 bridgehead atoms. The molecule has 0 unspecified atom stereocenters. The van der Waals surface area contributed by atoms with Gasteiger partial charge in [0.1, 0.15) is 0 Å². The molecular formula is C15H18ClF3N2O. The van der Waals surface area contributed by atoms with Gasteiger partial charge in [0.2, 0.25) is 5.91 Å². The van der Waals surface area contributed by atoms with Crippen molar-refractivity contribution in [1.29, 1.82) is 0 Å². The minimum Gasteiger partial charge on any atom is -0.351 e. The van der Waals surface area contributed by atoms with Crippen molar-refractivity contribution in [2.24, 2.45) is 0 Å². The van der Waals surface area contributed by atoms with Gasteiger partial charge in [-0.2, -0.15) is 13.2 Å². The third kappa shape index (κ3) is 4.14. The van der Waals surface area contributed by atoms with Gasteiger partial charge in [-0.25, -0.2) is 0 Å². The van der Waals surface area contributed by atoms with Crippen LogP contribution in [0.2, 0.25) is 5.02 Å². The summed E-state index contributed by atoms with van der Waals surface area (Å²) in [4.78, 5) is 14.1. The molecule has 0 radical (unpaired) electrons. The molecule has 1 N–H and O–H groups in total. The number of carbonyl (C=O) groups excluding carboxylic acids is 1. The van der Waals surface area contributed by atoms with Gasteiger partial charge in [-0.3, -0.25) is 9.69 Å². The molecule has 7 heteroatoms. The monoisotopic (exact) mass is 334 g/mol. The molecule has 3 nitrogen and oxygen atoms in total. The number of likely N-dealkylation sites (N-methyl/N-ethyl adjacent to an activating group) is 1. The van der Waals surface area contributed by atoms with E-state index < -0.39 is 11.7 Å². The zero-order chi connectivity index (χ0) is 16.3. The van der Waals surface area contributed by atoms with E-state index in [1.54, 1.807) is 0 Å². The predicted octanol–water partition coefficient (Wildman–Crippen LogP) is 3.46. The summed E-state index contributed by atoms with van der Waals surface area (Å²) >= 11 is 5.92. The first-order valence-electron chi connectivity index (χ1n) is 7.12. The van der Waals surface area contributed by atoms with Gasteiger partial charge in [0.25, 0.3) is 0 Å². The number of nitrogens with one attached hydrogen (secondary N) is 1. The molecule has 122 valence electrons. The lowest BCUT2D eigenvalue weighted by atomic mass is 10.0. The van der Waals surface area contributed by atoms with Crippen molar-refractivity contribution in [3.8, 4) is 0 Å². The summed E-state index contributed by atoms with van der Waals surface area (Å²) in [6.07, 6.45) is -1.63. The van der Waals surface area contributed by atoms with E-state index in [0.29, 0.717) is 0 Å². The van der Waals surface area contributed by atoms with E-state index in [1.165, 1.54) is 6.07 Å². The number of piperidine rings is 1. The molecular weight excluding hydrogens is 317 g/mol. The van der Waals surface area contributed by atoms with E-state index >= 15 is 0 Å². The number of hydrogen-bond acceptors (Lipinski definition) is 2. The van der Waals surface area contributed by atoms with Crippen molar-refractivity contribution in [1.82, 2.24) is 10.2 Å². The van der Waals surface area contributed by atoms with Crippen molar-refractivity contribution in [3.05, 3.63) is 34.3 Å². The molecule has 1 heterocycles. The van der Waals surface area contributed by atoms with Crippen molar-refractivity contribution in [2.75, 3.05) is 13.6 Å². The van der Waals surface area contributed by atoms with Crippen molar-refractivity contribution >= 4 is 17.5 Å². The number of nitrogens with zero attached hydrogens (tertiary/aromatic N) is 1. The van der Waals surface area contributed by atoms with Crippen LogP contribution in [-0.2, 0) is 17.5 Å². The highest BCUT2D eigenvalue weighted by Gasteiger charge is 2.31. The molecule has 1 aromatic carbocycles. The number of rotatable bonds is 3. The highest BCUT2D eigenvalue weighted by Crippen LogP contribution is 2.31. The molecule has 1 atom stereocenters. The summed E-state index contributed by atoms with van der Waals surface area (Å²) in [5, 5.41) is 2.90. The van der Waals surface area contributed by atoms with Gasteiger partial charge in [0.05, 0.1) is 11.6 Å². The molecule has 2 rings (SSSR count). The highest BCUT2D eigenvalue weighted by atomic mass is 35.5. The van der Waals surface area contributed by atoms with Gasteiger partial charge in [-0.05, 0) is 50.2 Å². The van der Waals surface area contributed by atoms with Crippen LogP contribution in [0.1, 0.15) is 30.4 Å². The summed E-state index contributed by atoms with van der Waals surface area (Å²) in [5.74, 6) is -0.171. The lowest BCUT2D eigenvalue weighted by Gasteiger charge is -2.31. The molecule has 0 aromatic heterocycles. The Morgan fingerprint density at radius 1 is 1.41 bits per heavy atom. The smallest absolute Gasteiger partial charge is 0.351 e. The minimum atomic E-state index is -4.42. The SMILES string of the molecule is CN1CCCC[C@@H]1C(=O)NCc1cc(C(F)(F)F)ccc1Cl. The second-order valence-electron chi connectivity index (χ2n) is 5.51. The summed E-state index contributed by atoms with van der Waals surface area (Å²) in [6, 6.07) is 2.90. The third-order valence-electron chi connectivity index (χ3n) is 3.90. The Kier molecular flexibility index (Phi) is 5.34. The van der Waals surface area contributed by atoms with Crippen molar-refractivity contribution < 1.29 is 18.0 Å². The summed E-state index contributed by atoms with van der Waals surface area (Å²) < 4.78 is 38.1. The number of alkyl halides is 3. The van der Waals surface area contributed by atoms with Gasteiger partial charge in [-0.15, -0.1) is 0 Å². The molecule has 1 amide bonds. The van der Waals surface area contributed by atoms with Crippen LogP contribution >= 0.6 is 11.6 Å². The van der Waals surface area contributed by atoms with Crippen LogP contribution in [0.25, 0.3) is 0 Å². The Morgan fingerprint density at radius 3 is 2.77 bits per heavy atom. The molecule has 1 aliphatic heterocycles. The normalized spacial score (nSPS) is 20.0. The van der Waals surface area contributed by atoms with Crippen LogP contribution in [0.4, 0.5) is 13.2 Å². The van der Waals surface area contributed by atoms with E-state index in [9.17, 15) is 18.0 Å². The maximum absolute atomic E-state index is 12.7. The molecule has 1 fully saturated rings. The second kappa shape index (κ2) is 6.87. The summed E-state index contributed by atoms with van der Waals surface area (Å²) in [7, 11) is 1.88. The fourth-order valence-corrected chi connectivity index (χ4v) is 2.78. The van der Waals surface area contributed by atoms with Crippen molar-refractivity contribution in [3.63, 3.8) is 0 Å². The van der Waals surface area contributed by atoms with E-state index in [4.69, 9.17) is 11.6 Å². The fraction of sp³-hybridized carbons (Fsp3) is 0.533. The van der Waals surface area contributed by atoms with Crippen LogP contribution < -0.4 is 5.32 Å². The van der Waals surface area contributed by atoms with Crippen LogP contribution in [0, 0.1) is 0 Å². The number of amides is 1. The first-order chi connectivity index (χ1) is 10.3. The maximum Gasteiger partial charge on any atom is 0.416 e. The van der Waals surface area contributed by atoms with Gasteiger partial charge in [0.15, 0.2) is 0 Å². The Labute approximate surface area is 132 Å². The number of likely N-dealkylation sites (tertiary alicyclic amines) is 1. The molecule has 1 saturated heterocycles. The summed E-state index contributed by atoms with van der Waals surface area (Å²) in [5.41, 5.74) is -0.501. The van der Waals surface area contributed by atoms with Gasteiger partial charge in [-0.1, -0.05) is 18.0 Å². The van der Waals surface area contributed by atoms with E-state index in [1.807, 2.05) is 11.9 Å². The topological polar surface area (TPSA) is 32.3 Å². The van der Waals surface area contributed by atoms with E-state index in [-0.39, 0.29) is 29.1 Å². The lowest BCUT2D eigenvalue weighted by Crippen LogP contribution is -2.47. The molecule has 0 saturated carbocycles. The zero-order valence-corrected chi connectivity index (χ0v) is 13.0. The number of carbonyl (C=O) groups is 1. The van der Waals surface area contributed by atoms with Crippen LogP contribution in [0.3, 0.4) is 0 Å². The first-order valence-corrected chi connectivity index (χ1v) is 7.50. The van der Waals surface area contributed by atoms with Crippen LogP contribution in [0.15, 0.2) is 18.2 Å². The minimum absolute atomic E-state index is 0.00801. The number of hydrogen-bond donors (Lipinski definition) is 1. The quantitative estimate of drug-likeness (QED) is 0.918. The molecule has 1 aromatic rings. The highest BCUT2D eigenvalue weighted by molar-refractivity contribution is 6.31. The Morgan fingerprint density at radius 2 is 2.14 bits per heavy atom. The standard InChI is InChI=1S/C15H18ClF3N2O/c1-21-7-3-2-4-13(21)14(22)20-9-10-8-11(15(17,18)19)5-6-12(10)16/h5-6,8,13H,2-4,7,9H2,1H3,(H,20,22)/t13-/m1/s1. The Balaban J connectivity index is 2.03. The second-order valence-corrected chi connectivity index (χ2v) is 5.92. The molecule has 0 aliphatic carbocycles. The van der Waals surface area contributed by atoms with Gasteiger partial charge in [0, 0.05) is 11.6 Å². The fourth-order valence-electron chi connectivity index (χ4n) is 2.59. The maximum atomic E-state index is 12.7. The van der Waals surface area contributed by atoms with Crippen LogP contribution in [0.5, 0.6) is 0 Å². The summed E-state index contributed by atoms with van der Waals surface area (Å²) in [6.45, 7) is 0.842. The predicted molar refractivity (Wildman–Crippen MR) is 78.6 cm³/mol. The van der Waals surface area contributed by atoms with Gasteiger partial charge < -0.3 is 5.32 Å².